The summed E-state index contributed by atoms with van der Waals surface area (Å²) in [5.74, 6) is -0.248. The van der Waals surface area contributed by atoms with Gasteiger partial charge in [0.25, 0.3) is 0 Å². The van der Waals surface area contributed by atoms with Gasteiger partial charge in [0, 0.05) is 30.7 Å². The molecule has 23 heavy (non-hydrogen) atoms. The minimum Gasteiger partial charge on any atom is -0.335 e. The number of anilines is 1. The summed E-state index contributed by atoms with van der Waals surface area (Å²) in [4.78, 5) is 27.3. The largest absolute Gasteiger partial charge is 0.335 e. The van der Waals surface area contributed by atoms with Crippen LogP contribution in [0.1, 0.15) is 37.2 Å². The molecule has 0 aliphatic carbocycles. The van der Waals surface area contributed by atoms with Gasteiger partial charge in [0.2, 0.25) is 11.8 Å². The Bertz CT molecular complexity index is 608. The van der Waals surface area contributed by atoms with Crippen molar-refractivity contribution in [3.8, 4) is 0 Å². The van der Waals surface area contributed by atoms with E-state index < -0.39 is 0 Å². The van der Waals surface area contributed by atoms with Crippen LogP contribution in [0.2, 0.25) is 0 Å². The molecule has 3 aliphatic heterocycles. The first kappa shape index (κ1) is 16.3. The molecule has 0 saturated carbocycles. The van der Waals surface area contributed by atoms with Crippen molar-refractivity contribution < 1.29 is 9.59 Å². The van der Waals surface area contributed by atoms with Crippen LogP contribution in [-0.2, 0) is 9.59 Å². The third-order valence-electron chi connectivity index (χ3n) is 5.21. The predicted octanol–water partition coefficient (Wildman–Crippen LogP) is 1.89. The lowest BCUT2D eigenvalue weighted by molar-refractivity contribution is -0.137. The third-order valence-corrected chi connectivity index (χ3v) is 5.21. The molecule has 1 aromatic rings. The number of nitrogens with one attached hydrogen (secondary N) is 2. The zero-order valence-electron chi connectivity index (χ0n) is 13.0. The molecule has 3 atom stereocenters. The van der Waals surface area contributed by atoms with Gasteiger partial charge in [-0.25, -0.2) is 0 Å². The first-order chi connectivity index (χ1) is 10.7. The normalized spacial score (nSPS) is 29.1. The van der Waals surface area contributed by atoms with Crippen LogP contribution < -0.4 is 10.6 Å². The highest BCUT2D eigenvalue weighted by Crippen LogP contribution is 2.37. The molecule has 5 nitrogen and oxygen atoms in total. The number of halogens is 1. The first-order valence-electron chi connectivity index (χ1n) is 8.15. The topological polar surface area (TPSA) is 61.4 Å². The van der Waals surface area contributed by atoms with E-state index in [1.807, 2.05) is 24.3 Å². The molecule has 4 rings (SSSR count). The smallest absolute Gasteiger partial charge is 0.231 e. The maximum atomic E-state index is 13.2. The van der Waals surface area contributed by atoms with Crippen LogP contribution in [0.4, 0.5) is 5.69 Å². The fraction of sp³-hybridized carbons (Fsp3) is 0.529. The van der Waals surface area contributed by atoms with Crippen molar-refractivity contribution >= 4 is 29.9 Å². The molecule has 3 heterocycles. The van der Waals surface area contributed by atoms with E-state index in [1.165, 1.54) is 0 Å². The minimum absolute atomic E-state index is 0. The average molecular weight is 336 g/mol. The lowest BCUT2D eigenvalue weighted by atomic mass is 9.89. The van der Waals surface area contributed by atoms with E-state index >= 15 is 0 Å². The number of hydrogen-bond acceptors (Lipinski definition) is 3. The lowest BCUT2D eigenvalue weighted by Gasteiger charge is -2.34. The highest BCUT2D eigenvalue weighted by atomic mass is 35.5. The molecule has 2 saturated heterocycles. The second kappa shape index (κ2) is 6.49. The number of fused-ring (bicyclic) bond motifs is 3. The molecule has 3 aliphatic rings. The molecule has 1 aromatic carbocycles. The van der Waals surface area contributed by atoms with Gasteiger partial charge in [-0.1, -0.05) is 18.2 Å². The van der Waals surface area contributed by atoms with Crippen LogP contribution >= 0.6 is 12.4 Å². The van der Waals surface area contributed by atoms with E-state index in [9.17, 15) is 9.59 Å². The quantitative estimate of drug-likeness (QED) is 0.824. The van der Waals surface area contributed by atoms with E-state index in [0.29, 0.717) is 6.04 Å². The molecule has 2 fully saturated rings. The number of carbonyl (C=O) groups excluding carboxylic acids is 2. The van der Waals surface area contributed by atoms with E-state index in [4.69, 9.17) is 0 Å². The highest BCUT2D eigenvalue weighted by molar-refractivity contribution is 6.01. The number of para-hydroxylation sites is 1. The van der Waals surface area contributed by atoms with Crippen molar-refractivity contribution in [1.82, 2.24) is 10.2 Å². The van der Waals surface area contributed by atoms with Crippen LogP contribution in [0.3, 0.4) is 0 Å². The molecule has 2 N–H and O–H groups in total. The Morgan fingerprint density at radius 2 is 1.91 bits per heavy atom. The fourth-order valence-electron chi connectivity index (χ4n) is 4.15. The van der Waals surface area contributed by atoms with Gasteiger partial charge in [-0.15, -0.1) is 12.4 Å². The van der Waals surface area contributed by atoms with Crippen molar-refractivity contribution in [2.75, 3.05) is 18.4 Å². The molecule has 124 valence electrons. The van der Waals surface area contributed by atoms with Gasteiger partial charge in [0.1, 0.15) is 0 Å². The predicted molar refractivity (Wildman–Crippen MR) is 90.8 cm³/mol. The zero-order chi connectivity index (χ0) is 15.1. The summed E-state index contributed by atoms with van der Waals surface area (Å²) in [6.45, 7) is 1.86. The molecule has 2 bridgehead atoms. The van der Waals surface area contributed by atoms with Crippen molar-refractivity contribution in [3.05, 3.63) is 29.8 Å². The van der Waals surface area contributed by atoms with E-state index in [0.717, 1.165) is 43.6 Å². The van der Waals surface area contributed by atoms with Crippen LogP contribution in [0.5, 0.6) is 0 Å². The summed E-state index contributed by atoms with van der Waals surface area (Å²) < 4.78 is 0. The second-order valence-corrected chi connectivity index (χ2v) is 6.52. The molecule has 2 amide bonds. The Kier molecular flexibility index (Phi) is 4.60. The minimum atomic E-state index is -0.328. The number of carbonyl (C=O) groups is 2. The molecular weight excluding hydrogens is 314 g/mol. The lowest BCUT2D eigenvalue weighted by Crippen LogP contribution is -2.46. The Balaban J connectivity index is 0.00000156. The summed E-state index contributed by atoms with van der Waals surface area (Å²) in [5.41, 5.74) is 1.75. The van der Waals surface area contributed by atoms with Crippen LogP contribution in [0, 0.1) is 0 Å². The molecule has 0 aromatic heterocycles. The number of rotatable bonds is 1. The fourth-order valence-corrected chi connectivity index (χ4v) is 4.15. The number of amides is 2. The second-order valence-electron chi connectivity index (χ2n) is 6.52. The van der Waals surface area contributed by atoms with E-state index in [2.05, 4.69) is 15.5 Å². The molecular formula is C17H22ClN3O2. The van der Waals surface area contributed by atoms with Gasteiger partial charge >= 0.3 is 0 Å². The molecule has 0 radical (unpaired) electrons. The number of hydrogen-bond donors (Lipinski definition) is 2. The van der Waals surface area contributed by atoms with Crippen molar-refractivity contribution in [2.45, 2.75) is 43.7 Å². The number of benzene rings is 1. The van der Waals surface area contributed by atoms with E-state index in [-0.39, 0.29) is 42.6 Å². The van der Waals surface area contributed by atoms with Crippen molar-refractivity contribution in [1.29, 1.82) is 0 Å². The summed E-state index contributed by atoms with van der Waals surface area (Å²) in [7, 11) is 0. The van der Waals surface area contributed by atoms with Gasteiger partial charge in [-0.3, -0.25) is 9.59 Å². The Morgan fingerprint density at radius 1 is 1.13 bits per heavy atom. The standard InChI is InChI=1S/C17H21N3O2.ClH/c21-16-9-14(13-3-1-2-4-15(13)19-16)17(22)20-11-5-6-12(20)10-18-8-7-11;/h1-4,11-12,14,18H,5-10H2,(H,19,21);1H. The third kappa shape index (κ3) is 2.83. The zero-order valence-corrected chi connectivity index (χ0v) is 13.8. The highest BCUT2D eigenvalue weighted by Gasteiger charge is 2.42. The summed E-state index contributed by atoms with van der Waals surface area (Å²) in [6.07, 6.45) is 3.45. The maximum Gasteiger partial charge on any atom is 0.231 e. The maximum absolute atomic E-state index is 13.2. The van der Waals surface area contributed by atoms with Crippen LogP contribution in [0.25, 0.3) is 0 Å². The Morgan fingerprint density at radius 3 is 2.78 bits per heavy atom. The van der Waals surface area contributed by atoms with Gasteiger partial charge in [0.15, 0.2) is 0 Å². The van der Waals surface area contributed by atoms with Gasteiger partial charge in [-0.2, -0.15) is 0 Å². The Labute approximate surface area is 142 Å². The molecule has 3 unspecified atom stereocenters. The van der Waals surface area contributed by atoms with Crippen molar-refractivity contribution in [2.24, 2.45) is 0 Å². The molecule has 6 heteroatoms. The summed E-state index contributed by atoms with van der Waals surface area (Å²) in [5, 5.41) is 6.30. The van der Waals surface area contributed by atoms with Crippen LogP contribution in [0.15, 0.2) is 24.3 Å². The monoisotopic (exact) mass is 335 g/mol. The van der Waals surface area contributed by atoms with Crippen LogP contribution in [-0.4, -0.2) is 41.9 Å². The SMILES string of the molecule is Cl.O=C1CC(C(=O)N2C3CCNCC2CC3)c2ccccc2N1. The van der Waals surface area contributed by atoms with Crippen molar-refractivity contribution in [3.63, 3.8) is 0 Å². The summed E-state index contributed by atoms with van der Waals surface area (Å²) >= 11 is 0. The first-order valence-corrected chi connectivity index (χ1v) is 8.15. The van der Waals surface area contributed by atoms with E-state index in [1.54, 1.807) is 0 Å². The Hall–Kier alpha value is -1.59. The van der Waals surface area contributed by atoms with Gasteiger partial charge in [0.05, 0.1) is 5.92 Å². The number of nitrogens with zero attached hydrogens (tertiary/aromatic N) is 1. The average Bonchev–Trinajstić information content (AvgIpc) is 2.78. The van der Waals surface area contributed by atoms with Gasteiger partial charge in [-0.05, 0) is 37.4 Å². The van der Waals surface area contributed by atoms with Gasteiger partial charge < -0.3 is 15.5 Å². The molecule has 0 spiro atoms. The summed E-state index contributed by atoms with van der Waals surface area (Å²) in [6, 6.07) is 8.31.